The first kappa shape index (κ1) is 18.4. The molecule has 0 saturated heterocycles. The molecule has 0 bridgehead atoms. The lowest BCUT2D eigenvalue weighted by Gasteiger charge is -2.61. The maximum absolute atomic E-state index is 12.2. The minimum atomic E-state index is -0.0970. The van der Waals surface area contributed by atoms with Crippen molar-refractivity contribution in [3.05, 3.63) is 0 Å². The van der Waals surface area contributed by atoms with Crippen molar-refractivity contribution in [2.24, 2.45) is 40.4 Å². The molecule has 0 spiro atoms. The number of Topliss-reactive ketones (excluding diaryl/α,β-unsaturated/α-hetero) is 1. The predicted octanol–water partition coefficient (Wildman–Crippen LogP) is 5.23. The van der Waals surface area contributed by atoms with Crippen molar-refractivity contribution in [2.75, 3.05) is 0 Å². The average Bonchev–Trinajstić information content (AvgIpc) is 2.85. The molecule has 8 atom stereocenters. The highest BCUT2D eigenvalue weighted by Gasteiger charge is 2.61. The van der Waals surface area contributed by atoms with E-state index in [1.165, 1.54) is 44.9 Å². The van der Waals surface area contributed by atoms with E-state index < -0.39 is 0 Å². The van der Waals surface area contributed by atoms with E-state index in [-0.39, 0.29) is 24.9 Å². The van der Waals surface area contributed by atoms with Gasteiger partial charge in [0.25, 0.3) is 0 Å². The topological polar surface area (TPSA) is 37.3 Å². The van der Waals surface area contributed by atoms with Gasteiger partial charge in [0.1, 0.15) is 5.78 Å². The van der Waals surface area contributed by atoms with E-state index >= 15 is 0 Å². The van der Waals surface area contributed by atoms with Crippen molar-refractivity contribution in [2.45, 2.75) is 92.1 Å². The summed E-state index contributed by atoms with van der Waals surface area (Å²) in [5.41, 5.74) is 0.570. The summed E-state index contributed by atoms with van der Waals surface area (Å²) in [5, 5.41) is 10.9. The second-order valence-corrected chi connectivity index (χ2v) is 9.82. The van der Waals surface area contributed by atoms with Crippen LogP contribution in [0.15, 0.2) is 0 Å². The van der Waals surface area contributed by atoms with Gasteiger partial charge in [0.05, 0.1) is 6.10 Å². The highest BCUT2D eigenvalue weighted by atomic mass is 16.3. The number of carbonyl (C=O) groups is 1. The van der Waals surface area contributed by atoms with Gasteiger partial charge in [-0.3, -0.25) is 4.79 Å². The molecular formula is C22H38O2. The Kier molecular flexibility index (Phi) is 4.69. The Balaban J connectivity index is 0.00000169. The number of ketones is 1. The van der Waals surface area contributed by atoms with Gasteiger partial charge in [-0.05, 0) is 86.4 Å². The molecular weight excluding hydrogens is 296 g/mol. The monoisotopic (exact) mass is 334 g/mol. The first-order valence-corrected chi connectivity index (χ1v) is 10.1. The van der Waals surface area contributed by atoms with Crippen LogP contribution in [0.25, 0.3) is 0 Å². The minimum Gasteiger partial charge on any atom is -0.393 e. The van der Waals surface area contributed by atoms with Gasteiger partial charge in [-0.15, -0.1) is 0 Å². The molecule has 4 rings (SSSR count). The lowest BCUT2D eigenvalue weighted by atomic mass is 9.44. The maximum atomic E-state index is 12.2. The zero-order valence-electron chi connectivity index (χ0n) is 15.2. The van der Waals surface area contributed by atoms with Crippen LogP contribution in [-0.4, -0.2) is 17.0 Å². The van der Waals surface area contributed by atoms with E-state index in [1.807, 2.05) is 0 Å². The van der Waals surface area contributed by atoms with Crippen LogP contribution in [0.5, 0.6) is 0 Å². The number of hydrogen-bond acceptors (Lipinski definition) is 2. The van der Waals surface area contributed by atoms with Crippen molar-refractivity contribution >= 4 is 5.78 Å². The fourth-order valence-corrected chi connectivity index (χ4v) is 8.02. The summed E-state index contributed by atoms with van der Waals surface area (Å²) in [6.07, 6.45) is 11.0. The van der Waals surface area contributed by atoms with Crippen molar-refractivity contribution < 1.29 is 9.90 Å². The molecule has 2 nitrogen and oxygen atoms in total. The van der Waals surface area contributed by atoms with Crippen molar-refractivity contribution in [1.82, 2.24) is 0 Å². The van der Waals surface area contributed by atoms with Crippen LogP contribution in [0.4, 0.5) is 0 Å². The summed E-state index contributed by atoms with van der Waals surface area (Å²) in [7, 11) is 0. The molecule has 0 aromatic heterocycles. The predicted molar refractivity (Wildman–Crippen MR) is 98.6 cm³/mol. The normalized spacial score (nSPS) is 53.3. The largest absolute Gasteiger partial charge is 0.393 e. The van der Waals surface area contributed by atoms with E-state index in [0.717, 1.165) is 18.8 Å². The number of carbonyl (C=O) groups excluding carboxylic acids is 1. The summed E-state index contributed by atoms with van der Waals surface area (Å²) in [6.45, 7) is 6.70. The zero-order chi connectivity index (χ0) is 16.4. The summed E-state index contributed by atoms with van der Waals surface area (Å²) in [4.78, 5) is 12.2. The van der Waals surface area contributed by atoms with Gasteiger partial charge in [-0.25, -0.2) is 0 Å². The van der Waals surface area contributed by atoms with Crippen molar-refractivity contribution in [3.8, 4) is 0 Å². The Morgan fingerprint density at radius 3 is 2.33 bits per heavy atom. The Hall–Kier alpha value is -0.370. The highest BCUT2D eigenvalue weighted by molar-refractivity contribution is 5.79. The number of hydrogen-bond donors (Lipinski definition) is 1. The highest BCUT2D eigenvalue weighted by Crippen LogP contribution is 2.67. The van der Waals surface area contributed by atoms with Crippen molar-refractivity contribution in [3.63, 3.8) is 0 Å². The third kappa shape index (κ3) is 2.35. The maximum Gasteiger partial charge on any atom is 0.133 e. The molecule has 0 aromatic rings. The fourth-order valence-electron chi connectivity index (χ4n) is 8.02. The lowest BCUT2D eigenvalue weighted by molar-refractivity contribution is -0.159. The molecule has 24 heavy (non-hydrogen) atoms. The third-order valence-corrected chi connectivity index (χ3v) is 9.08. The average molecular weight is 335 g/mol. The number of aliphatic hydroxyl groups excluding tert-OH is 1. The Morgan fingerprint density at radius 2 is 1.62 bits per heavy atom. The molecule has 0 heterocycles. The molecule has 0 aromatic carbocycles. The van der Waals surface area contributed by atoms with Gasteiger partial charge >= 0.3 is 0 Å². The quantitative estimate of drug-likeness (QED) is 0.713. The van der Waals surface area contributed by atoms with Gasteiger partial charge in [-0.1, -0.05) is 34.1 Å². The molecule has 4 aliphatic carbocycles. The molecule has 2 heteroatoms. The van der Waals surface area contributed by atoms with Gasteiger partial charge in [0.2, 0.25) is 0 Å². The van der Waals surface area contributed by atoms with Crippen LogP contribution in [0.2, 0.25) is 0 Å². The van der Waals surface area contributed by atoms with Crippen LogP contribution in [0.3, 0.4) is 0 Å². The van der Waals surface area contributed by atoms with Crippen molar-refractivity contribution in [1.29, 1.82) is 0 Å². The summed E-state index contributed by atoms with van der Waals surface area (Å²) >= 11 is 0. The Labute approximate surface area is 148 Å². The summed E-state index contributed by atoms with van der Waals surface area (Å²) < 4.78 is 0. The van der Waals surface area contributed by atoms with Gasteiger partial charge < -0.3 is 5.11 Å². The van der Waals surface area contributed by atoms with Crippen LogP contribution in [0, 0.1) is 40.4 Å². The van der Waals surface area contributed by atoms with Crippen LogP contribution in [0.1, 0.15) is 86.0 Å². The molecule has 0 radical (unpaired) electrons. The Morgan fingerprint density at radius 1 is 0.917 bits per heavy atom. The molecule has 4 fully saturated rings. The van der Waals surface area contributed by atoms with E-state index in [0.29, 0.717) is 29.0 Å². The van der Waals surface area contributed by atoms with E-state index in [1.54, 1.807) is 6.92 Å². The number of aliphatic hydroxyl groups is 1. The molecule has 0 aliphatic heterocycles. The third-order valence-electron chi connectivity index (χ3n) is 9.08. The second kappa shape index (κ2) is 6.11. The molecule has 8 unspecified atom stereocenters. The molecule has 0 amide bonds. The molecule has 1 N–H and O–H groups in total. The minimum absolute atomic E-state index is 0. The second-order valence-electron chi connectivity index (χ2n) is 9.82. The van der Waals surface area contributed by atoms with E-state index in [4.69, 9.17) is 0 Å². The summed E-state index contributed by atoms with van der Waals surface area (Å²) in [5.74, 6) is 3.35. The fraction of sp³-hybridized carbons (Fsp3) is 0.955. The van der Waals surface area contributed by atoms with Crippen LogP contribution < -0.4 is 0 Å². The first-order chi connectivity index (χ1) is 10.9. The van der Waals surface area contributed by atoms with Crippen LogP contribution >= 0.6 is 0 Å². The molecule has 138 valence electrons. The number of fused-ring (bicyclic) bond motifs is 5. The Bertz CT molecular complexity index is 500. The van der Waals surface area contributed by atoms with E-state index in [2.05, 4.69) is 13.8 Å². The molecule has 4 aliphatic rings. The van der Waals surface area contributed by atoms with Gasteiger partial charge in [0.15, 0.2) is 0 Å². The van der Waals surface area contributed by atoms with Crippen LogP contribution in [-0.2, 0) is 4.79 Å². The first-order valence-electron chi connectivity index (χ1n) is 10.1. The van der Waals surface area contributed by atoms with Gasteiger partial charge in [0, 0.05) is 5.92 Å². The van der Waals surface area contributed by atoms with E-state index in [9.17, 15) is 9.90 Å². The summed E-state index contributed by atoms with van der Waals surface area (Å²) in [6, 6.07) is 0. The molecule has 4 saturated carbocycles. The lowest BCUT2D eigenvalue weighted by Crippen LogP contribution is -2.57. The smallest absolute Gasteiger partial charge is 0.133 e. The van der Waals surface area contributed by atoms with Gasteiger partial charge in [-0.2, -0.15) is 0 Å². The standard InChI is InChI=1S/C21H34O2.CH4/c1-13(22)15-7-8-16-14-12-19(23)18-6-4-5-10-20(18,2)17(14)9-11-21(15,16)3;/h14-19,23H,4-12H2,1-3H3;1H4. The number of rotatable bonds is 1. The SMILES string of the molecule is C.CC(=O)C1CCC2C3CC(O)C4CCCCC4(C)C3CCC12C. The zero-order valence-corrected chi connectivity index (χ0v) is 15.2.